The van der Waals surface area contributed by atoms with Crippen molar-refractivity contribution in [3.63, 3.8) is 0 Å². The Morgan fingerprint density at radius 3 is 2.44 bits per heavy atom. The van der Waals surface area contributed by atoms with E-state index in [-0.39, 0.29) is 12.2 Å². The van der Waals surface area contributed by atoms with E-state index in [9.17, 15) is 13.6 Å². The number of carboxylic acids is 1. The van der Waals surface area contributed by atoms with E-state index >= 15 is 0 Å². The van der Waals surface area contributed by atoms with Gasteiger partial charge in [0.05, 0.1) is 17.8 Å². The van der Waals surface area contributed by atoms with Crippen molar-refractivity contribution in [1.29, 1.82) is 0 Å². The number of rotatable bonds is 6. The highest BCUT2D eigenvalue weighted by Gasteiger charge is 2.18. The monoisotopic (exact) mass is 261 g/mol. The van der Waals surface area contributed by atoms with Crippen LogP contribution in [-0.2, 0) is 9.47 Å². The van der Waals surface area contributed by atoms with E-state index in [1.807, 2.05) is 0 Å². The first kappa shape index (κ1) is 14.3. The van der Waals surface area contributed by atoms with Gasteiger partial charge in [0.1, 0.15) is 0 Å². The fraction of sp³-hybridized carbons (Fsp3) is 0.364. The highest BCUT2D eigenvalue weighted by molar-refractivity contribution is 5.88. The number of aromatic carboxylic acids is 1. The SMILES string of the molecule is COC(CNc1ccc(C(=O)O)c(F)c1F)OC. The number of ether oxygens (including phenoxy) is 2. The Morgan fingerprint density at radius 2 is 1.94 bits per heavy atom. The van der Waals surface area contributed by atoms with E-state index in [2.05, 4.69) is 5.32 Å². The van der Waals surface area contributed by atoms with Crippen LogP contribution in [0.25, 0.3) is 0 Å². The minimum Gasteiger partial charge on any atom is -0.478 e. The molecule has 0 bridgehead atoms. The van der Waals surface area contributed by atoms with Gasteiger partial charge in [-0.05, 0) is 12.1 Å². The lowest BCUT2D eigenvalue weighted by Gasteiger charge is -2.15. The molecule has 1 aromatic carbocycles. The van der Waals surface area contributed by atoms with Gasteiger partial charge in [0, 0.05) is 14.2 Å². The molecule has 0 heterocycles. The topological polar surface area (TPSA) is 67.8 Å². The summed E-state index contributed by atoms with van der Waals surface area (Å²) in [5, 5.41) is 11.2. The van der Waals surface area contributed by atoms with Crippen LogP contribution in [0.15, 0.2) is 12.1 Å². The molecule has 0 aromatic heterocycles. The standard InChI is InChI=1S/C11H13F2NO4/c1-17-8(18-2)5-14-7-4-3-6(11(15)16)9(12)10(7)13/h3-4,8,14H,5H2,1-2H3,(H,15,16). The van der Waals surface area contributed by atoms with Crippen LogP contribution in [0, 0.1) is 11.6 Å². The molecule has 0 spiro atoms. The Morgan fingerprint density at radius 1 is 1.33 bits per heavy atom. The van der Waals surface area contributed by atoms with Gasteiger partial charge in [-0.3, -0.25) is 0 Å². The summed E-state index contributed by atoms with van der Waals surface area (Å²) >= 11 is 0. The molecule has 2 N–H and O–H groups in total. The van der Waals surface area contributed by atoms with Crippen LogP contribution >= 0.6 is 0 Å². The number of benzene rings is 1. The number of anilines is 1. The minimum absolute atomic E-state index is 0.0930. The zero-order chi connectivity index (χ0) is 13.7. The molecule has 100 valence electrons. The summed E-state index contributed by atoms with van der Waals surface area (Å²) in [5.74, 6) is -4.18. The molecule has 1 aromatic rings. The van der Waals surface area contributed by atoms with Gasteiger partial charge in [-0.25, -0.2) is 13.6 Å². The second-order valence-electron chi connectivity index (χ2n) is 3.38. The van der Waals surface area contributed by atoms with Crippen LogP contribution in [0.3, 0.4) is 0 Å². The number of nitrogens with one attached hydrogen (secondary N) is 1. The first-order valence-corrected chi connectivity index (χ1v) is 5.02. The number of hydrogen-bond acceptors (Lipinski definition) is 4. The lowest BCUT2D eigenvalue weighted by atomic mass is 10.2. The van der Waals surface area contributed by atoms with Crippen molar-refractivity contribution in [2.45, 2.75) is 6.29 Å². The molecule has 18 heavy (non-hydrogen) atoms. The van der Waals surface area contributed by atoms with Crippen molar-refractivity contribution in [3.8, 4) is 0 Å². The fourth-order valence-electron chi connectivity index (χ4n) is 1.31. The third-order valence-corrected chi connectivity index (χ3v) is 2.30. The third kappa shape index (κ3) is 3.14. The Bertz CT molecular complexity index is 435. The summed E-state index contributed by atoms with van der Waals surface area (Å²) < 4.78 is 36.6. The molecule has 0 fully saturated rings. The molecule has 0 radical (unpaired) electrons. The second-order valence-corrected chi connectivity index (χ2v) is 3.38. The summed E-state index contributed by atoms with van der Waals surface area (Å²) in [6.45, 7) is 0.0930. The molecule has 7 heteroatoms. The molecule has 0 unspecified atom stereocenters. The highest BCUT2D eigenvalue weighted by Crippen LogP contribution is 2.20. The van der Waals surface area contributed by atoms with E-state index in [0.29, 0.717) is 0 Å². The van der Waals surface area contributed by atoms with E-state index in [1.54, 1.807) is 0 Å². The number of hydrogen-bond donors (Lipinski definition) is 2. The maximum atomic E-state index is 13.5. The molecule has 0 atom stereocenters. The van der Waals surface area contributed by atoms with Crippen molar-refractivity contribution >= 4 is 11.7 Å². The average Bonchev–Trinajstić information content (AvgIpc) is 2.35. The van der Waals surface area contributed by atoms with Crippen LogP contribution in [0.2, 0.25) is 0 Å². The first-order chi connectivity index (χ1) is 8.51. The Kier molecular flexibility index (Phi) is 4.99. The van der Waals surface area contributed by atoms with Gasteiger partial charge >= 0.3 is 5.97 Å². The Hall–Kier alpha value is -1.73. The lowest BCUT2D eigenvalue weighted by Crippen LogP contribution is -2.24. The molecular formula is C11H13F2NO4. The molecule has 0 saturated carbocycles. The Labute approximate surface area is 102 Å². The summed E-state index contributed by atoms with van der Waals surface area (Å²) in [6, 6.07) is 2.13. The van der Waals surface area contributed by atoms with Crippen LogP contribution in [0.5, 0.6) is 0 Å². The largest absolute Gasteiger partial charge is 0.478 e. The van der Waals surface area contributed by atoms with Gasteiger partial charge < -0.3 is 19.9 Å². The zero-order valence-corrected chi connectivity index (χ0v) is 9.87. The van der Waals surface area contributed by atoms with Gasteiger partial charge in [-0.2, -0.15) is 0 Å². The van der Waals surface area contributed by atoms with Gasteiger partial charge in [0.2, 0.25) is 0 Å². The van der Waals surface area contributed by atoms with Crippen molar-refractivity contribution in [2.24, 2.45) is 0 Å². The van der Waals surface area contributed by atoms with Gasteiger partial charge in [-0.15, -0.1) is 0 Å². The molecule has 0 aliphatic carbocycles. The summed E-state index contributed by atoms with van der Waals surface area (Å²) in [6.07, 6.45) is -0.619. The summed E-state index contributed by atoms with van der Waals surface area (Å²) in [5.41, 5.74) is -0.871. The average molecular weight is 261 g/mol. The predicted octanol–water partition coefficient (Wildman–Crippen LogP) is 1.69. The van der Waals surface area contributed by atoms with Crippen molar-refractivity contribution < 1.29 is 28.2 Å². The molecular weight excluding hydrogens is 248 g/mol. The molecule has 0 aliphatic rings. The van der Waals surface area contributed by atoms with Crippen molar-refractivity contribution in [1.82, 2.24) is 0 Å². The number of carboxylic acid groups (broad SMARTS) is 1. The van der Waals surface area contributed by atoms with Crippen LogP contribution in [0.1, 0.15) is 10.4 Å². The maximum absolute atomic E-state index is 13.5. The third-order valence-electron chi connectivity index (χ3n) is 2.30. The number of halogens is 2. The molecule has 1 rings (SSSR count). The fourth-order valence-corrected chi connectivity index (χ4v) is 1.31. The lowest BCUT2D eigenvalue weighted by molar-refractivity contribution is -0.0914. The van der Waals surface area contributed by atoms with Gasteiger partial charge in [0.15, 0.2) is 17.9 Å². The summed E-state index contributed by atoms with van der Waals surface area (Å²) in [4.78, 5) is 10.6. The van der Waals surface area contributed by atoms with Crippen LogP contribution in [-0.4, -0.2) is 38.1 Å². The second kappa shape index (κ2) is 6.27. The number of carbonyl (C=O) groups is 1. The normalized spacial score (nSPS) is 10.7. The summed E-state index contributed by atoms with van der Waals surface area (Å²) in [7, 11) is 2.81. The zero-order valence-electron chi connectivity index (χ0n) is 9.87. The predicted molar refractivity (Wildman–Crippen MR) is 59.6 cm³/mol. The van der Waals surface area contributed by atoms with E-state index < -0.39 is 29.5 Å². The Balaban J connectivity index is 2.86. The van der Waals surface area contributed by atoms with Crippen LogP contribution < -0.4 is 5.32 Å². The van der Waals surface area contributed by atoms with Crippen molar-refractivity contribution in [3.05, 3.63) is 29.3 Å². The van der Waals surface area contributed by atoms with Gasteiger partial charge in [-0.1, -0.05) is 0 Å². The molecule has 5 nitrogen and oxygen atoms in total. The first-order valence-electron chi connectivity index (χ1n) is 5.02. The number of methoxy groups -OCH3 is 2. The van der Waals surface area contributed by atoms with E-state index in [4.69, 9.17) is 14.6 Å². The van der Waals surface area contributed by atoms with Crippen molar-refractivity contribution in [2.75, 3.05) is 26.1 Å². The van der Waals surface area contributed by atoms with E-state index in [0.717, 1.165) is 12.1 Å². The smallest absolute Gasteiger partial charge is 0.338 e. The quantitative estimate of drug-likeness (QED) is 0.763. The molecule has 0 aliphatic heterocycles. The van der Waals surface area contributed by atoms with Gasteiger partial charge in [0.25, 0.3) is 0 Å². The molecule has 0 amide bonds. The highest BCUT2D eigenvalue weighted by atomic mass is 19.2. The van der Waals surface area contributed by atoms with Crippen LogP contribution in [0.4, 0.5) is 14.5 Å². The minimum atomic E-state index is -1.52. The molecule has 0 saturated heterocycles. The maximum Gasteiger partial charge on any atom is 0.338 e. The van der Waals surface area contributed by atoms with E-state index in [1.165, 1.54) is 14.2 Å².